The van der Waals surface area contributed by atoms with Gasteiger partial charge in [0, 0.05) is 9.79 Å². The van der Waals surface area contributed by atoms with Crippen LogP contribution in [0.3, 0.4) is 0 Å². The van der Waals surface area contributed by atoms with E-state index >= 15 is 0 Å². The molecule has 0 spiro atoms. The van der Waals surface area contributed by atoms with E-state index in [1.54, 1.807) is 0 Å². The van der Waals surface area contributed by atoms with Crippen LogP contribution in [0.15, 0.2) is 52.3 Å². The van der Waals surface area contributed by atoms with Crippen LogP contribution in [0.4, 0.5) is 17.6 Å². The summed E-state index contributed by atoms with van der Waals surface area (Å²) in [5.74, 6) is -0.402. The van der Waals surface area contributed by atoms with E-state index in [2.05, 4.69) is 0 Å². The van der Waals surface area contributed by atoms with Crippen molar-refractivity contribution in [3.8, 4) is 0 Å². The van der Waals surface area contributed by atoms with Crippen molar-refractivity contribution < 1.29 is 22.7 Å². The molecule has 0 aliphatic heterocycles. The first-order valence-electron chi connectivity index (χ1n) is 5.64. The van der Waals surface area contributed by atoms with E-state index in [0.717, 1.165) is 17.8 Å². The van der Waals surface area contributed by atoms with Gasteiger partial charge in [0.1, 0.15) is 5.82 Å². The Bertz CT molecular complexity index is 593. The van der Waals surface area contributed by atoms with E-state index in [9.17, 15) is 17.6 Å². The molecule has 0 amide bonds. The van der Waals surface area contributed by atoms with Crippen molar-refractivity contribution in [2.45, 2.75) is 22.6 Å². The molecule has 2 aromatic rings. The van der Waals surface area contributed by atoms with Crippen LogP contribution in [0.1, 0.15) is 11.1 Å². The summed E-state index contributed by atoms with van der Waals surface area (Å²) in [4.78, 5) is 1.01. The average molecular weight is 302 g/mol. The number of hydrogen-bond acceptors (Lipinski definition) is 2. The van der Waals surface area contributed by atoms with Crippen molar-refractivity contribution in [1.82, 2.24) is 0 Å². The molecule has 0 aliphatic rings. The summed E-state index contributed by atoms with van der Waals surface area (Å²) in [6.45, 7) is -0.670. The predicted molar refractivity (Wildman–Crippen MR) is 67.9 cm³/mol. The van der Waals surface area contributed by atoms with Crippen LogP contribution in [0, 0.1) is 5.82 Å². The molecule has 0 atom stereocenters. The summed E-state index contributed by atoms with van der Waals surface area (Å²) in [6, 6.07) is 9.20. The number of halogens is 4. The number of rotatable bonds is 3. The van der Waals surface area contributed by atoms with Crippen LogP contribution in [0.2, 0.25) is 0 Å². The van der Waals surface area contributed by atoms with Gasteiger partial charge in [-0.05, 0) is 42.0 Å². The summed E-state index contributed by atoms with van der Waals surface area (Å²) >= 11 is 1.10. The van der Waals surface area contributed by atoms with Gasteiger partial charge >= 0.3 is 6.18 Å². The molecular formula is C14H10F4OS. The first kappa shape index (κ1) is 14.9. The molecule has 2 rings (SSSR count). The lowest BCUT2D eigenvalue weighted by molar-refractivity contribution is -0.138. The summed E-state index contributed by atoms with van der Waals surface area (Å²) < 4.78 is 51.3. The first-order chi connectivity index (χ1) is 9.40. The van der Waals surface area contributed by atoms with Crippen LogP contribution in [-0.4, -0.2) is 5.11 Å². The topological polar surface area (TPSA) is 20.2 Å². The molecule has 0 aromatic heterocycles. The van der Waals surface area contributed by atoms with E-state index in [1.165, 1.54) is 36.4 Å². The van der Waals surface area contributed by atoms with Crippen molar-refractivity contribution in [2.24, 2.45) is 0 Å². The minimum atomic E-state index is -4.52. The molecule has 0 fully saturated rings. The van der Waals surface area contributed by atoms with Crippen molar-refractivity contribution >= 4 is 11.8 Å². The van der Waals surface area contributed by atoms with Crippen molar-refractivity contribution in [2.75, 3.05) is 0 Å². The maximum absolute atomic E-state index is 12.8. The number of benzene rings is 2. The quantitative estimate of drug-likeness (QED) is 0.843. The van der Waals surface area contributed by atoms with Gasteiger partial charge in [-0.2, -0.15) is 13.2 Å². The van der Waals surface area contributed by atoms with Gasteiger partial charge in [-0.1, -0.05) is 17.8 Å². The summed E-state index contributed by atoms with van der Waals surface area (Å²) in [6.07, 6.45) is -4.52. The van der Waals surface area contributed by atoms with Gasteiger partial charge in [0.05, 0.1) is 12.2 Å². The molecule has 0 saturated heterocycles. The van der Waals surface area contributed by atoms with E-state index in [4.69, 9.17) is 5.11 Å². The molecule has 1 nitrogen and oxygen atoms in total. The number of hydrogen-bond donors (Lipinski definition) is 1. The van der Waals surface area contributed by atoms with E-state index in [-0.39, 0.29) is 5.56 Å². The maximum Gasteiger partial charge on any atom is 0.416 e. The van der Waals surface area contributed by atoms with Gasteiger partial charge in [-0.25, -0.2) is 4.39 Å². The van der Waals surface area contributed by atoms with Gasteiger partial charge < -0.3 is 5.11 Å². The maximum atomic E-state index is 12.8. The number of aliphatic hydroxyl groups excluding tert-OH is 1. The molecule has 20 heavy (non-hydrogen) atoms. The van der Waals surface area contributed by atoms with Gasteiger partial charge in [0.15, 0.2) is 0 Å². The molecule has 0 saturated carbocycles. The average Bonchev–Trinajstić information content (AvgIpc) is 2.40. The third kappa shape index (κ3) is 3.52. The lowest BCUT2D eigenvalue weighted by Crippen LogP contribution is -2.09. The van der Waals surface area contributed by atoms with Crippen molar-refractivity contribution in [1.29, 1.82) is 0 Å². The van der Waals surface area contributed by atoms with Crippen LogP contribution >= 0.6 is 11.8 Å². The molecule has 1 N–H and O–H groups in total. The van der Waals surface area contributed by atoms with Crippen LogP contribution < -0.4 is 0 Å². The fourth-order valence-corrected chi connectivity index (χ4v) is 2.52. The Morgan fingerprint density at radius 2 is 1.55 bits per heavy atom. The zero-order valence-electron chi connectivity index (χ0n) is 10.1. The summed E-state index contributed by atoms with van der Waals surface area (Å²) in [5.41, 5.74) is -1.02. The minimum Gasteiger partial charge on any atom is -0.392 e. The van der Waals surface area contributed by atoms with Crippen LogP contribution in [0.5, 0.6) is 0 Å². The Morgan fingerprint density at radius 3 is 2.10 bits per heavy atom. The summed E-state index contributed by atoms with van der Waals surface area (Å²) in [7, 11) is 0. The number of aliphatic hydroxyl groups is 1. The Balaban J connectivity index is 2.31. The Labute approximate surface area is 117 Å². The Kier molecular flexibility index (Phi) is 4.35. The molecule has 0 bridgehead atoms. The van der Waals surface area contributed by atoms with Crippen LogP contribution in [-0.2, 0) is 12.8 Å². The fraction of sp³-hybridized carbons (Fsp3) is 0.143. The van der Waals surface area contributed by atoms with Gasteiger partial charge in [0.25, 0.3) is 0 Å². The molecule has 0 radical (unpaired) electrons. The normalized spacial score (nSPS) is 11.7. The van der Waals surface area contributed by atoms with Gasteiger partial charge in [-0.15, -0.1) is 0 Å². The Morgan fingerprint density at radius 1 is 0.950 bits per heavy atom. The number of alkyl halides is 3. The summed E-state index contributed by atoms with van der Waals surface area (Å²) in [5, 5.41) is 8.94. The SMILES string of the molecule is OCc1ccc(Sc2ccc(F)cc2)cc1C(F)(F)F. The monoisotopic (exact) mass is 302 g/mol. The van der Waals surface area contributed by atoms with E-state index in [1.807, 2.05) is 0 Å². The highest BCUT2D eigenvalue weighted by molar-refractivity contribution is 7.99. The zero-order chi connectivity index (χ0) is 14.8. The third-order valence-electron chi connectivity index (χ3n) is 2.61. The second-order valence-electron chi connectivity index (χ2n) is 4.03. The molecule has 0 unspecified atom stereocenters. The molecular weight excluding hydrogens is 292 g/mol. The molecule has 0 heterocycles. The molecule has 6 heteroatoms. The highest BCUT2D eigenvalue weighted by atomic mass is 32.2. The lowest BCUT2D eigenvalue weighted by atomic mass is 10.1. The first-order valence-corrected chi connectivity index (χ1v) is 6.46. The second kappa shape index (κ2) is 5.85. The lowest BCUT2D eigenvalue weighted by Gasteiger charge is -2.13. The fourth-order valence-electron chi connectivity index (χ4n) is 1.66. The van der Waals surface area contributed by atoms with Crippen molar-refractivity contribution in [3.63, 3.8) is 0 Å². The van der Waals surface area contributed by atoms with E-state index < -0.39 is 24.2 Å². The van der Waals surface area contributed by atoms with Crippen molar-refractivity contribution in [3.05, 3.63) is 59.4 Å². The Hall–Kier alpha value is -1.53. The minimum absolute atomic E-state index is 0.166. The van der Waals surface area contributed by atoms with Gasteiger partial charge in [-0.3, -0.25) is 0 Å². The standard InChI is InChI=1S/C14H10F4OS/c15-10-2-5-11(6-3-10)20-12-4-1-9(8-19)13(7-12)14(16,17)18/h1-7,19H,8H2. The molecule has 106 valence electrons. The molecule has 2 aromatic carbocycles. The highest BCUT2D eigenvalue weighted by Crippen LogP contribution is 2.36. The zero-order valence-corrected chi connectivity index (χ0v) is 10.9. The largest absolute Gasteiger partial charge is 0.416 e. The van der Waals surface area contributed by atoms with E-state index in [0.29, 0.717) is 9.79 Å². The smallest absolute Gasteiger partial charge is 0.392 e. The third-order valence-corrected chi connectivity index (χ3v) is 3.60. The molecule has 0 aliphatic carbocycles. The predicted octanol–water partition coefficient (Wildman–Crippen LogP) is 4.49. The highest BCUT2D eigenvalue weighted by Gasteiger charge is 2.33. The second-order valence-corrected chi connectivity index (χ2v) is 5.18. The van der Waals surface area contributed by atoms with Gasteiger partial charge in [0.2, 0.25) is 0 Å². The van der Waals surface area contributed by atoms with Crippen LogP contribution in [0.25, 0.3) is 0 Å².